The Labute approximate surface area is 132 Å². The van der Waals surface area contributed by atoms with Gasteiger partial charge >= 0.3 is 0 Å². The van der Waals surface area contributed by atoms with Gasteiger partial charge in [-0.15, -0.1) is 11.3 Å². The van der Waals surface area contributed by atoms with Gasteiger partial charge in [-0.1, -0.05) is 25.4 Å². The molecule has 2 aromatic heterocycles. The maximum absolute atomic E-state index is 6.16. The highest BCUT2D eigenvalue weighted by Crippen LogP contribution is 2.34. The molecule has 18 heavy (non-hydrogen) atoms. The summed E-state index contributed by atoms with van der Waals surface area (Å²) >= 11 is 14.7. The Morgan fingerprint density at radius 3 is 2.61 bits per heavy atom. The van der Waals surface area contributed by atoms with E-state index in [9.17, 15) is 0 Å². The van der Waals surface area contributed by atoms with Gasteiger partial charge in [0.15, 0.2) is 5.82 Å². The van der Waals surface area contributed by atoms with E-state index in [-0.39, 0.29) is 0 Å². The highest BCUT2D eigenvalue weighted by atomic mass is 79.9. The molecule has 0 amide bonds. The minimum atomic E-state index is 0.468. The first-order valence-electron chi connectivity index (χ1n) is 5.44. The molecule has 0 aromatic carbocycles. The molecule has 2 rings (SSSR count). The van der Waals surface area contributed by atoms with E-state index in [0.717, 1.165) is 25.9 Å². The quantitative estimate of drug-likeness (QED) is 0.617. The van der Waals surface area contributed by atoms with Crippen molar-refractivity contribution < 1.29 is 0 Å². The van der Waals surface area contributed by atoms with Crippen molar-refractivity contribution in [2.75, 3.05) is 0 Å². The molecule has 0 saturated carbocycles. The summed E-state index contributed by atoms with van der Waals surface area (Å²) < 4.78 is 1.80. The number of hydrogen-bond donors (Lipinski definition) is 0. The maximum Gasteiger partial charge on any atom is 0.172 e. The summed E-state index contributed by atoms with van der Waals surface area (Å²) in [4.78, 5) is 9.96. The SMILES string of the molecule is CC(C)Cc1nc(-c2sccc2Br)nc(Cl)c1Br. The fourth-order valence-corrected chi connectivity index (χ4v) is 3.55. The van der Waals surface area contributed by atoms with Crippen molar-refractivity contribution in [3.05, 3.63) is 31.2 Å². The van der Waals surface area contributed by atoms with E-state index in [1.165, 1.54) is 0 Å². The molecule has 0 aliphatic carbocycles. The number of thiophene rings is 1. The van der Waals surface area contributed by atoms with Crippen molar-refractivity contribution in [1.29, 1.82) is 0 Å². The van der Waals surface area contributed by atoms with Gasteiger partial charge in [0.1, 0.15) is 5.15 Å². The normalized spacial score (nSPS) is 11.2. The van der Waals surface area contributed by atoms with Gasteiger partial charge in [-0.2, -0.15) is 0 Å². The fourth-order valence-electron chi connectivity index (χ4n) is 1.54. The zero-order chi connectivity index (χ0) is 13.3. The fraction of sp³-hybridized carbons (Fsp3) is 0.333. The summed E-state index contributed by atoms with van der Waals surface area (Å²) in [5.41, 5.74) is 0.959. The van der Waals surface area contributed by atoms with Crippen LogP contribution in [0.25, 0.3) is 10.7 Å². The summed E-state index contributed by atoms with van der Waals surface area (Å²) in [6.45, 7) is 4.31. The van der Waals surface area contributed by atoms with Crippen LogP contribution >= 0.6 is 54.8 Å². The molecule has 0 aliphatic rings. The van der Waals surface area contributed by atoms with Gasteiger partial charge in [0.05, 0.1) is 15.0 Å². The lowest BCUT2D eigenvalue weighted by atomic mass is 10.1. The van der Waals surface area contributed by atoms with Gasteiger partial charge in [0.2, 0.25) is 0 Å². The van der Waals surface area contributed by atoms with E-state index in [4.69, 9.17) is 11.6 Å². The summed E-state index contributed by atoms with van der Waals surface area (Å²) in [5.74, 6) is 1.20. The van der Waals surface area contributed by atoms with E-state index in [1.54, 1.807) is 11.3 Å². The van der Waals surface area contributed by atoms with E-state index in [0.29, 0.717) is 16.9 Å². The Morgan fingerprint density at radius 1 is 1.33 bits per heavy atom. The van der Waals surface area contributed by atoms with Crippen LogP contribution in [0.4, 0.5) is 0 Å². The predicted molar refractivity (Wildman–Crippen MR) is 84.3 cm³/mol. The summed E-state index contributed by atoms with van der Waals surface area (Å²) in [6, 6.07) is 1.99. The lowest BCUT2D eigenvalue weighted by Crippen LogP contribution is -2.02. The molecule has 0 saturated heterocycles. The monoisotopic (exact) mass is 408 g/mol. The van der Waals surface area contributed by atoms with E-state index in [1.807, 2.05) is 11.4 Å². The van der Waals surface area contributed by atoms with Crippen molar-refractivity contribution in [3.8, 4) is 10.7 Å². The van der Waals surface area contributed by atoms with Crippen LogP contribution in [0, 0.1) is 5.92 Å². The van der Waals surface area contributed by atoms with E-state index < -0.39 is 0 Å². The average molecular weight is 411 g/mol. The predicted octanol–water partition coefficient (Wildman–Crippen LogP) is 5.58. The Balaban J connectivity index is 2.51. The Bertz CT molecular complexity index is 569. The second-order valence-corrected chi connectivity index (χ2v) is 7.22. The highest BCUT2D eigenvalue weighted by Gasteiger charge is 2.15. The van der Waals surface area contributed by atoms with Gasteiger partial charge in [0, 0.05) is 4.47 Å². The Hall–Kier alpha value is 0.0300. The summed E-state index contributed by atoms with van der Waals surface area (Å²) in [5, 5.41) is 2.47. The lowest BCUT2D eigenvalue weighted by Gasteiger charge is -2.09. The number of aromatic nitrogens is 2. The standard InChI is InChI=1S/C12H11Br2ClN2S/c1-6(2)5-8-9(14)11(15)17-12(16-8)10-7(13)3-4-18-10/h3-4,6H,5H2,1-2H3. The molecule has 0 N–H and O–H groups in total. The van der Waals surface area contributed by atoms with Crippen LogP contribution in [0.5, 0.6) is 0 Å². The summed E-state index contributed by atoms with van der Waals surface area (Å²) in [6.07, 6.45) is 0.874. The van der Waals surface area contributed by atoms with Gasteiger partial charge in [-0.25, -0.2) is 9.97 Å². The first-order valence-corrected chi connectivity index (χ1v) is 8.28. The minimum Gasteiger partial charge on any atom is -0.231 e. The van der Waals surface area contributed by atoms with Crippen molar-refractivity contribution >= 4 is 54.8 Å². The van der Waals surface area contributed by atoms with Crippen LogP contribution in [-0.4, -0.2) is 9.97 Å². The second kappa shape index (κ2) is 5.99. The van der Waals surface area contributed by atoms with E-state index in [2.05, 4.69) is 55.7 Å². The summed E-state index contributed by atoms with van der Waals surface area (Å²) in [7, 11) is 0. The molecule has 0 aliphatic heterocycles. The van der Waals surface area contributed by atoms with Gasteiger partial charge in [0.25, 0.3) is 0 Å². The van der Waals surface area contributed by atoms with Gasteiger partial charge in [-0.05, 0) is 55.6 Å². The minimum absolute atomic E-state index is 0.468. The van der Waals surface area contributed by atoms with Crippen LogP contribution in [-0.2, 0) is 6.42 Å². The second-order valence-electron chi connectivity index (χ2n) is 4.29. The molecule has 0 bridgehead atoms. The molecule has 0 radical (unpaired) electrons. The molecule has 96 valence electrons. The molecular formula is C12H11Br2ClN2S. The molecular weight excluding hydrogens is 399 g/mol. The van der Waals surface area contributed by atoms with Crippen molar-refractivity contribution in [1.82, 2.24) is 9.97 Å². The molecule has 0 unspecified atom stereocenters. The van der Waals surface area contributed by atoms with Crippen LogP contribution in [0.1, 0.15) is 19.5 Å². The first kappa shape index (κ1) is 14.4. The van der Waals surface area contributed by atoms with Crippen LogP contribution in [0.2, 0.25) is 5.15 Å². The molecule has 0 spiro atoms. The Kier molecular flexibility index (Phi) is 4.80. The van der Waals surface area contributed by atoms with Gasteiger partial charge in [-0.3, -0.25) is 0 Å². The smallest absolute Gasteiger partial charge is 0.172 e. The number of halogens is 3. The van der Waals surface area contributed by atoms with Gasteiger partial charge < -0.3 is 0 Å². The van der Waals surface area contributed by atoms with Crippen LogP contribution in [0.15, 0.2) is 20.4 Å². The molecule has 6 heteroatoms. The molecule has 2 heterocycles. The number of hydrogen-bond acceptors (Lipinski definition) is 3. The third-order valence-corrected chi connectivity index (χ3v) is 5.47. The molecule has 2 aromatic rings. The zero-order valence-corrected chi connectivity index (χ0v) is 14.6. The van der Waals surface area contributed by atoms with Crippen molar-refractivity contribution in [2.24, 2.45) is 5.92 Å². The van der Waals surface area contributed by atoms with Crippen molar-refractivity contribution in [2.45, 2.75) is 20.3 Å². The average Bonchev–Trinajstić information content (AvgIpc) is 2.70. The zero-order valence-electron chi connectivity index (χ0n) is 9.88. The first-order chi connectivity index (χ1) is 8.49. The lowest BCUT2D eigenvalue weighted by molar-refractivity contribution is 0.632. The van der Waals surface area contributed by atoms with E-state index >= 15 is 0 Å². The molecule has 2 nitrogen and oxygen atoms in total. The van der Waals surface area contributed by atoms with Crippen LogP contribution < -0.4 is 0 Å². The topological polar surface area (TPSA) is 25.8 Å². The highest BCUT2D eigenvalue weighted by molar-refractivity contribution is 9.11. The number of nitrogens with zero attached hydrogens (tertiary/aromatic N) is 2. The maximum atomic E-state index is 6.16. The third kappa shape index (κ3) is 3.13. The number of rotatable bonds is 3. The van der Waals surface area contributed by atoms with Crippen LogP contribution in [0.3, 0.4) is 0 Å². The third-order valence-electron chi connectivity index (χ3n) is 2.30. The molecule has 0 fully saturated rings. The largest absolute Gasteiger partial charge is 0.231 e. The Morgan fingerprint density at radius 2 is 2.06 bits per heavy atom. The molecule has 0 atom stereocenters. The van der Waals surface area contributed by atoms with Crippen molar-refractivity contribution in [3.63, 3.8) is 0 Å².